The first-order chi connectivity index (χ1) is 10.6. The Kier molecular flexibility index (Phi) is 4.87. The molecule has 0 amide bonds. The zero-order valence-corrected chi connectivity index (χ0v) is 16.1. The van der Waals surface area contributed by atoms with Crippen LogP contribution in [0.25, 0.3) is 0 Å². The first-order valence-corrected chi connectivity index (χ1v) is 9.38. The number of sulfonamides is 1. The van der Waals surface area contributed by atoms with Crippen molar-refractivity contribution in [3.8, 4) is 0 Å². The van der Waals surface area contributed by atoms with E-state index in [-0.39, 0.29) is 4.90 Å². The van der Waals surface area contributed by atoms with Crippen molar-refractivity contribution in [3.05, 3.63) is 56.3 Å². The Labute approximate surface area is 145 Å². The van der Waals surface area contributed by atoms with Crippen LogP contribution in [-0.4, -0.2) is 8.42 Å². The lowest BCUT2D eigenvalue weighted by Crippen LogP contribution is -2.18. The molecule has 0 saturated carbocycles. The Bertz CT molecular complexity index is 863. The van der Waals surface area contributed by atoms with Crippen molar-refractivity contribution < 1.29 is 12.8 Å². The molecule has 0 atom stereocenters. The molecule has 2 aromatic rings. The van der Waals surface area contributed by atoms with E-state index in [0.717, 1.165) is 27.8 Å². The van der Waals surface area contributed by atoms with Gasteiger partial charge in [-0.2, -0.15) is 0 Å². The number of benzene rings is 2. The van der Waals surface area contributed by atoms with Crippen LogP contribution in [0.15, 0.2) is 27.6 Å². The van der Waals surface area contributed by atoms with Crippen LogP contribution in [0.3, 0.4) is 0 Å². The summed E-state index contributed by atoms with van der Waals surface area (Å²) in [6, 6.07) is 3.84. The largest absolute Gasteiger partial charge is 0.278 e. The van der Waals surface area contributed by atoms with Crippen LogP contribution >= 0.6 is 15.9 Å². The van der Waals surface area contributed by atoms with E-state index in [4.69, 9.17) is 0 Å². The van der Waals surface area contributed by atoms with Gasteiger partial charge in [0, 0.05) is 4.47 Å². The SMILES string of the molecule is Cc1c(C)c(C)c(S(=O)(=O)Nc2ccc(F)cc2Br)c(C)c1C. The van der Waals surface area contributed by atoms with Crippen LogP contribution in [0.1, 0.15) is 27.8 Å². The van der Waals surface area contributed by atoms with Gasteiger partial charge in [-0.15, -0.1) is 0 Å². The maximum atomic E-state index is 13.2. The molecule has 2 rings (SSSR count). The Morgan fingerprint density at radius 2 is 1.39 bits per heavy atom. The molecule has 0 aliphatic carbocycles. The van der Waals surface area contributed by atoms with E-state index in [9.17, 15) is 12.8 Å². The topological polar surface area (TPSA) is 46.2 Å². The first kappa shape index (κ1) is 17.9. The predicted octanol–water partition coefficient (Wildman–Crippen LogP) is 4.93. The van der Waals surface area contributed by atoms with E-state index in [0.29, 0.717) is 10.2 Å². The highest BCUT2D eigenvalue weighted by Crippen LogP contribution is 2.32. The number of hydrogen-bond donors (Lipinski definition) is 1. The quantitative estimate of drug-likeness (QED) is 0.794. The third-order valence-corrected chi connectivity index (χ3v) is 6.67. The van der Waals surface area contributed by atoms with Gasteiger partial charge < -0.3 is 0 Å². The molecular formula is C17H19BrFNO2S. The highest BCUT2D eigenvalue weighted by atomic mass is 79.9. The molecule has 0 fully saturated rings. The number of halogens is 2. The van der Waals surface area contributed by atoms with E-state index >= 15 is 0 Å². The van der Waals surface area contributed by atoms with Crippen molar-refractivity contribution in [1.82, 2.24) is 0 Å². The van der Waals surface area contributed by atoms with E-state index in [2.05, 4.69) is 20.7 Å². The summed E-state index contributed by atoms with van der Waals surface area (Å²) in [6.45, 7) is 9.45. The fraction of sp³-hybridized carbons (Fsp3) is 0.294. The maximum absolute atomic E-state index is 13.2. The monoisotopic (exact) mass is 399 g/mol. The summed E-state index contributed by atoms with van der Waals surface area (Å²) in [6.07, 6.45) is 0. The molecule has 1 N–H and O–H groups in total. The minimum atomic E-state index is -3.77. The van der Waals surface area contributed by atoms with Crippen molar-refractivity contribution in [2.75, 3.05) is 4.72 Å². The summed E-state index contributed by atoms with van der Waals surface area (Å²) in [5.74, 6) is -0.436. The lowest BCUT2D eigenvalue weighted by atomic mass is 9.95. The Balaban J connectivity index is 2.61. The van der Waals surface area contributed by atoms with E-state index < -0.39 is 15.8 Å². The van der Waals surface area contributed by atoms with Crippen molar-refractivity contribution in [2.45, 2.75) is 39.5 Å². The molecule has 6 heteroatoms. The van der Waals surface area contributed by atoms with E-state index in [1.807, 2.05) is 34.6 Å². The summed E-state index contributed by atoms with van der Waals surface area (Å²) in [4.78, 5) is 0.286. The van der Waals surface area contributed by atoms with Crippen LogP contribution in [-0.2, 0) is 10.0 Å². The second kappa shape index (κ2) is 6.24. The predicted molar refractivity (Wildman–Crippen MR) is 95.0 cm³/mol. The van der Waals surface area contributed by atoms with Crippen LogP contribution in [0.4, 0.5) is 10.1 Å². The van der Waals surface area contributed by atoms with Crippen molar-refractivity contribution >= 4 is 31.6 Å². The molecule has 0 bridgehead atoms. The minimum Gasteiger partial charge on any atom is -0.278 e. The fourth-order valence-corrected chi connectivity index (χ4v) is 4.90. The lowest BCUT2D eigenvalue weighted by Gasteiger charge is -2.19. The van der Waals surface area contributed by atoms with E-state index in [1.165, 1.54) is 18.2 Å². The van der Waals surface area contributed by atoms with Gasteiger partial charge in [0.1, 0.15) is 5.82 Å². The smallest absolute Gasteiger partial charge is 0.262 e. The molecule has 0 aliphatic heterocycles. The molecule has 3 nitrogen and oxygen atoms in total. The second-order valence-corrected chi connectivity index (χ2v) is 8.16. The molecule has 0 saturated heterocycles. The standard InChI is InChI=1S/C17H19BrFNO2S/c1-9-10(2)12(4)17(13(5)11(9)3)23(21,22)20-16-7-6-14(19)8-15(16)18/h6-8,20H,1-5H3. The highest BCUT2D eigenvalue weighted by Gasteiger charge is 2.24. The molecule has 0 spiro atoms. The molecule has 0 heterocycles. The van der Waals surface area contributed by atoms with Crippen LogP contribution in [0.2, 0.25) is 0 Å². The molecule has 0 radical (unpaired) electrons. The normalized spacial score (nSPS) is 11.6. The van der Waals surface area contributed by atoms with Gasteiger partial charge in [-0.25, -0.2) is 12.8 Å². The molecule has 0 aromatic heterocycles. The molecule has 0 aliphatic rings. The van der Waals surface area contributed by atoms with Gasteiger partial charge in [0.2, 0.25) is 0 Å². The fourth-order valence-electron chi connectivity index (χ4n) is 2.64. The summed E-state index contributed by atoms with van der Waals surface area (Å²) < 4.78 is 41.8. The summed E-state index contributed by atoms with van der Waals surface area (Å²) in [7, 11) is -3.77. The third kappa shape index (κ3) is 3.28. The van der Waals surface area contributed by atoms with Crippen molar-refractivity contribution in [1.29, 1.82) is 0 Å². The van der Waals surface area contributed by atoms with Gasteiger partial charge in [0.25, 0.3) is 10.0 Å². The summed E-state index contributed by atoms with van der Waals surface area (Å²) in [5, 5.41) is 0. The number of hydrogen-bond acceptors (Lipinski definition) is 2. The van der Waals surface area contributed by atoms with Gasteiger partial charge in [-0.3, -0.25) is 4.72 Å². The zero-order chi connectivity index (χ0) is 17.5. The van der Waals surface area contributed by atoms with Crippen LogP contribution in [0.5, 0.6) is 0 Å². The molecule has 0 unspecified atom stereocenters. The van der Waals surface area contributed by atoms with Gasteiger partial charge >= 0.3 is 0 Å². The maximum Gasteiger partial charge on any atom is 0.262 e. The Morgan fingerprint density at radius 3 is 1.87 bits per heavy atom. The number of nitrogens with one attached hydrogen (secondary N) is 1. The first-order valence-electron chi connectivity index (χ1n) is 7.11. The second-order valence-electron chi connectivity index (χ2n) is 5.68. The molecule has 2 aromatic carbocycles. The summed E-state index contributed by atoms with van der Waals surface area (Å²) in [5.41, 5.74) is 4.80. The molecule has 124 valence electrons. The zero-order valence-electron chi connectivity index (χ0n) is 13.7. The Hall–Kier alpha value is -1.40. The summed E-state index contributed by atoms with van der Waals surface area (Å²) >= 11 is 3.18. The van der Waals surface area contributed by atoms with Gasteiger partial charge in [0.15, 0.2) is 0 Å². The van der Waals surface area contributed by atoms with Gasteiger partial charge in [-0.1, -0.05) is 0 Å². The number of anilines is 1. The highest BCUT2D eigenvalue weighted by molar-refractivity contribution is 9.10. The van der Waals surface area contributed by atoms with Gasteiger partial charge in [-0.05, 0) is 96.6 Å². The third-order valence-electron chi connectivity index (χ3n) is 4.38. The van der Waals surface area contributed by atoms with Crippen LogP contribution < -0.4 is 4.72 Å². The average molecular weight is 400 g/mol. The van der Waals surface area contributed by atoms with Crippen LogP contribution in [0, 0.1) is 40.4 Å². The van der Waals surface area contributed by atoms with E-state index in [1.54, 1.807) is 0 Å². The molecule has 23 heavy (non-hydrogen) atoms. The minimum absolute atomic E-state index is 0.286. The molecular weight excluding hydrogens is 381 g/mol. The Morgan fingerprint density at radius 1 is 0.913 bits per heavy atom. The van der Waals surface area contributed by atoms with Crippen molar-refractivity contribution in [2.24, 2.45) is 0 Å². The number of rotatable bonds is 3. The average Bonchev–Trinajstić information content (AvgIpc) is 2.46. The lowest BCUT2D eigenvalue weighted by molar-refractivity contribution is 0.599. The van der Waals surface area contributed by atoms with Crippen molar-refractivity contribution in [3.63, 3.8) is 0 Å². The van der Waals surface area contributed by atoms with Gasteiger partial charge in [0.05, 0.1) is 10.6 Å².